The Hall–Kier alpha value is -7.75. The second-order valence-corrected chi connectivity index (χ2v) is 29.7. The van der Waals surface area contributed by atoms with Crippen molar-refractivity contribution in [3.05, 3.63) is 252 Å². The van der Waals surface area contributed by atoms with Gasteiger partial charge in [-0.2, -0.15) is 0 Å². The molecule has 3 aliphatic rings. The number of fused-ring (bicyclic) bond motifs is 9. The van der Waals surface area contributed by atoms with Gasteiger partial charge in [0.2, 0.25) is 0 Å². The van der Waals surface area contributed by atoms with Gasteiger partial charge >= 0.3 is 45.9 Å². The number of halogens is 1. The van der Waals surface area contributed by atoms with Crippen molar-refractivity contribution in [1.29, 1.82) is 0 Å². The molecule has 489 valence electrons. The molecule has 0 unspecified atom stereocenters. The molecule has 0 N–H and O–H groups in total. The molecule has 3 saturated heterocycles. The molecular weight excluding hydrogens is 1280 g/mol. The fourth-order valence-electron chi connectivity index (χ4n) is 12.7. The Morgan fingerprint density at radius 3 is 0.938 bits per heavy atom. The topological polar surface area (TPSA) is 82.5 Å². The van der Waals surface area contributed by atoms with Crippen LogP contribution in [0.5, 0.6) is 0 Å². The SMILES string of the molecule is CC1(C)OB(B2OC(C)(C)C(C)(C)O2)OC1(C)C.Cc1ccc(-n2c3ccccc3c3cc(-c4ccc(B5OC(C)(C)C(C)(C)O5)cc4)ccc32)cc1.Cc1ccc(-n2c3ccccc3c3cc(Br)ccc32)cc1.Cc1ccc(-n2c3ccccc3c3ccccc32)cc1.[B]=NS. The fourth-order valence-corrected chi connectivity index (χ4v) is 13.1. The first-order valence-corrected chi connectivity index (χ1v) is 34.4. The summed E-state index contributed by atoms with van der Waals surface area (Å²) < 4.78 is 47.1. The maximum atomic E-state index is 6.23. The molecule has 0 atom stereocenters. The standard InChI is InChI=1S/C31H30BNO2.C19H14BrN.C19H15N.C12H24B2O4.BHNS/c1-21-10-17-25(18-11-21)33-28-9-7-6-8-26(28)27-20-23(14-19-29(27)33)22-12-15-24(16-13-22)32-34-30(2,3)31(4,5)35-32;1-13-6-9-15(10-7-13)21-18-5-3-2-4-16(18)17-12-14(20)8-11-19(17)21;1-14-10-12-15(13-11-14)20-18-8-4-2-6-16(18)17-7-3-5-9-19(17)20;1-9(2)10(3,4)16-13(15-9)14-17-11(5,6)12(7,8)18-14;1-2-3/h6-20H,1-5H3;2-12H,1H3;2-13H,1H3;1-8H3;3H. The summed E-state index contributed by atoms with van der Waals surface area (Å²) in [6.07, 6.45) is 0. The predicted molar refractivity (Wildman–Crippen MR) is 415 cm³/mol. The number of benzene rings is 10. The summed E-state index contributed by atoms with van der Waals surface area (Å²) >= 11 is 6.78. The maximum absolute atomic E-state index is 6.23. The average Bonchev–Trinajstić information content (AvgIpc) is 1.63. The molecule has 6 heterocycles. The minimum absolute atomic E-state index is 0.340. The van der Waals surface area contributed by atoms with E-state index in [9.17, 15) is 0 Å². The van der Waals surface area contributed by atoms with Crippen LogP contribution in [0, 0.1) is 20.8 Å². The first-order valence-electron chi connectivity index (χ1n) is 33.2. The molecular formula is C81H84B4BrN4O6S. The van der Waals surface area contributed by atoms with Crippen LogP contribution in [0.3, 0.4) is 0 Å². The fraction of sp³-hybridized carbons (Fsp3) is 0.259. The van der Waals surface area contributed by atoms with Crippen LogP contribution in [0.25, 0.3) is 93.6 Å². The zero-order chi connectivity index (χ0) is 69.0. The van der Waals surface area contributed by atoms with Crippen molar-refractivity contribution >= 4 is 128 Å². The van der Waals surface area contributed by atoms with E-state index in [2.05, 4.69) is 333 Å². The second-order valence-electron chi connectivity index (χ2n) is 28.6. The minimum atomic E-state index is -0.476. The molecule has 13 aromatic rings. The third kappa shape index (κ3) is 13.7. The van der Waals surface area contributed by atoms with Crippen molar-refractivity contribution in [3.8, 4) is 28.2 Å². The Labute approximate surface area is 587 Å². The van der Waals surface area contributed by atoms with E-state index >= 15 is 0 Å². The number of aryl methyl sites for hydroxylation is 3. The molecule has 16 rings (SSSR count). The van der Waals surface area contributed by atoms with E-state index in [0.717, 1.165) is 9.94 Å². The summed E-state index contributed by atoms with van der Waals surface area (Å²) in [5.41, 5.74) is 16.2. The van der Waals surface area contributed by atoms with Crippen LogP contribution in [0.15, 0.2) is 239 Å². The number of thiol groups is 1. The van der Waals surface area contributed by atoms with Crippen LogP contribution in [0.1, 0.15) is 99.8 Å². The van der Waals surface area contributed by atoms with Crippen molar-refractivity contribution in [2.24, 2.45) is 4.30 Å². The Morgan fingerprint density at radius 1 is 0.330 bits per heavy atom. The Morgan fingerprint density at radius 2 is 0.598 bits per heavy atom. The van der Waals surface area contributed by atoms with Crippen LogP contribution in [0.4, 0.5) is 0 Å². The van der Waals surface area contributed by atoms with E-state index in [1.54, 1.807) is 0 Å². The van der Waals surface area contributed by atoms with E-state index in [1.165, 1.54) is 110 Å². The third-order valence-corrected chi connectivity index (χ3v) is 20.8. The molecule has 97 heavy (non-hydrogen) atoms. The van der Waals surface area contributed by atoms with Crippen LogP contribution in [0.2, 0.25) is 0 Å². The zero-order valence-electron chi connectivity index (χ0n) is 58.3. The summed E-state index contributed by atoms with van der Waals surface area (Å²) in [4.78, 5) is 0. The molecule has 0 amide bonds. The molecule has 0 spiro atoms. The predicted octanol–water partition coefficient (Wildman–Crippen LogP) is 20.4. The molecule has 1 radical (unpaired) electrons. The van der Waals surface area contributed by atoms with Crippen molar-refractivity contribution in [1.82, 2.24) is 13.7 Å². The third-order valence-electron chi connectivity index (χ3n) is 20.3. The number of nitrogens with zero attached hydrogens (tertiary/aromatic N) is 4. The van der Waals surface area contributed by atoms with Gasteiger partial charge in [0.15, 0.2) is 0 Å². The summed E-state index contributed by atoms with van der Waals surface area (Å²) in [6, 6.07) is 82.4. The number of hydrogen-bond acceptors (Lipinski definition) is 8. The van der Waals surface area contributed by atoms with Crippen LogP contribution in [-0.4, -0.2) is 76.1 Å². The molecule has 3 fully saturated rings. The molecule has 0 bridgehead atoms. The Bertz CT molecular complexity index is 4870. The zero-order valence-corrected chi connectivity index (χ0v) is 60.8. The Balaban J connectivity index is 0.000000126. The quantitative estimate of drug-likeness (QED) is 0.132. The Kier molecular flexibility index (Phi) is 19.4. The van der Waals surface area contributed by atoms with Gasteiger partial charge in [0.05, 0.1) is 66.7 Å². The molecule has 3 aliphatic heterocycles. The first kappa shape index (κ1) is 69.2. The van der Waals surface area contributed by atoms with Gasteiger partial charge in [0.1, 0.15) is 0 Å². The van der Waals surface area contributed by atoms with Gasteiger partial charge in [-0.05, 0) is 211 Å². The normalized spacial score (nSPS) is 16.9. The van der Waals surface area contributed by atoms with Crippen molar-refractivity contribution < 1.29 is 27.9 Å². The summed E-state index contributed by atoms with van der Waals surface area (Å²) in [5, 5.41) is 7.70. The monoisotopic (exact) mass is 1360 g/mol. The van der Waals surface area contributed by atoms with Gasteiger partial charge in [0, 0.05) is 53.9 Å². The van der Waals surface area contributed by atoms with Gasteiger partial charge in [-0.3, -0.25) is 0 Å². The molecule has 0 saturated carbocycles. The van der Waals surface area contributed by atoms with Crippen LogP contribution < -0.4 is 5.46 Å². The van der Waals surface area contributed by atoms with Crippen molar-refractivity contribution in [2.75, 3.05) is 0 Å². The molecule has 0 aliphatic carbocycles. The van der Waals surface area contributed by atoms with Crippen molar-refractivity contribution in [3.63, 3.8) is 0 Å². The first-order chi connectivity index (χ1) is 46.1. The summed E-state index contributed by atoms with van der Waals surface area (Å²) in [7, 11) is 3.04. The van der Waals surface area contributed by atoms with Gasteiger partial charge in [-0.15, -0.1) is 0 Å². The average molecular weight is 1360 g/mol. The van der Waals surface area contributed by atoms with Crippen LogP contribution in [-0.2, 0) is 27.9 Å². The molecule has 3 aromatic heterocycles. The van der Waals surface area contributed by atoms with E-state index in [4.69, 9.17) is 27.9 Å². The van der Waals surface area contributed by atoms with E-state index in [-0.39, 0.29) is 40.7 Å². The van der Waals surface area contributed by atoms with E-state index < -0.39 is 14.0 Å². The van der Waals surface area contributed by atoms with Gasteiger partial charge < -0.3 is 41.6 Å². The number of para-hydroxylation sites is 4. The molecule has 10 aromatic carbocycles. The summed E-state index contributed by atoms with van der Waals surface area (Å²) in [6.45, 7) is 30.9. The van der Waals surface area contributed by atoms with Crippen molar-refractivity contribution in [2.45, 2.75) is 137 Å². The van der Waals surface area contributed by atoms with Gasteiger partial charge in [0.25, 0.3) is 0 Å². The number of hydrogen-bond donors (Lipinski definition) is 1. The van der Waals surface area contributed by atoms with E-state index in [0.29, 0.717) is 0 Å². The number of aromatic nitrogens is 3. The van der Waals surface area contributed by atoms with Gasteiger partial charge in [-0.25, -0.2) is 0 Å². The van der Waals surface area contributed by atoms with E-state index in [1.807, 2.05) is 55.4 Å². The number of rotatable bonds is 6. The molecule has 10 nitrogen and oxygen atoms in total. The summed E-state index contributed by atoms with van der Waals surface area (Å²) in [5.74, 6) is 0. The van der Waals surface area contributed by atoms with Crippen LogP contribution >= 0.6 is 28.7 Å². The molecule has 16 heteroatoms. The second kappa shape index (κ2) is 27.2. The van der Waals surface area contributed by atoms with Gasteiger partial charge in [-0.1, -0.05) is 172 Å².